The normalized spacial score (nSPS) is 20.4. The molecule has 1 aliphatic rings. The van der Waals surface area contributed by atoms with Crippen molar-refractivity contribution < 1.29 is 28.8 Å². The predicted octanol–water partition coefficient (Wildman–Crippen LogP) is 3.14. The smallest absolute Gasteiger partial charge is 0.330 e. The van der Waals surface area contributed by atoms with E-state index in [0.29, 0.717) is 17.1 Å². The molecule has 2 heterocycles. The lowest BCUT2D eigenvalue weighted by molar-refractivity contribution is -0.0967. The summed E-state index contributed by atoms with van der Waals surface area (Å²) in [5, 5.41) is 11.3. The summed E-state index contributed by atoms with van der Waals surface area (Å²) in [5.74, 6) is 1.38. The van der Waals surface area contributed by atoms with Gasteiger partial charge in [0.15, 0.2) is 6.23 Å². The molecular weight excluding hydrogens is 540 g/mol. The lowest BCUT2D eigenvalue weighted by atomic mass is 9.80. The van der Waals surface area contributed by atoms with Crippen molar-refractivity contribution >= 4 is 0 Å². The minimum atomic E-state index is -1.14. The van der Waals surface area contributed by atoms with Crippen molar-refractivity contribution in [3.8, 4) is 11.5 Å². The highest BCUT2D eigenvalue weighted by Gasteiger charge is 2.47. The predicted molar refractivity (Wildman–Crippen MR) is 155 cm³/mol. The zero-order chi connectivity index (χ0) is 29.9. The van der Waals surface area contributed by atoms with Crippen LogP contribution in [-0.2, 0) is 19.8 Å². The van der Waals surface area contributed by atoms with E-state index in [2.05, 4.69) is 4.98 Å². The van der Waals surface area contributed by atoms with Crippen LogP contribution in [0, 0.1) is 6.92 Å². The average molecular weight is 575 g/mol. The lowest BCUT2D eigenvalue weighted by Crippen LogP contribution is -2.40. The number of ether oxygens (including phenoxy) is 5. The Morgan fingerprint density at radius 3 is 1.93 bits per heavy atom. The standard InChI is InChI=1S/C32H34N2O8/c1-20-18-34(31(37)33-29(20)36)30-28(40-4)27(35)26(42-30)19-41-32(21-8-6-5-7-9-21,22-10-14-24(38-2)15-11-22)23-12-16-25(39-3)17-13-23/h5-18,26-28,30,35H,19H2,1-4H3,(H,33,36,37)/t26-,27?,28?,30-/m0/s1. The zero-order valence-corrected chi connectivity index (χ0v) is 23.9. The third kappa shape index (κ3) is 5.37. The van der Waals surface area contributed by atoms with Crippen molar-refractivity contribution in [2.75, 3.05) is 27.9 Å². The molecule has 3 aromatic carbocycles. The van der Waals surface area contributed by atoms with Gasteiger partial charge in [-0.15, -0.1) is 0 Å². The SMILES string of the molecule is COc1ccc(C(OC[C@@H]2O[C@H](n3cc(C)c(=O)[nH]c3=O)C(OC)C2O)(c2ccccc2)c2ccc(OC)cc2)cc1. The quantitative estimate of drug-likeness (QED) is 0.277. The monoisotopic (exact) mass is 574 g/mol. The van der Waals surface area contributed by atoms with Crippen LogP contribution in [0.2, 0.25) is 0 Å². The Kier molecular flexibility index (Phi) is 8.60. The van der Waals surface area contributed by atoms with E-state index in [1.165, 1.54) is 17.9 Å². The molecule has 0 aliphatic carbocycles. The van der Waals surface area contributed by atoms with Crippen LogP contribution in [0.3, 0.4) is 0 Å². The minimum Gasteiger partial charge on any atom is -0.497 e. The second-order valence-electron chi connectivity index (χ2n) is 10.0. The molecule has 10 heteroatoms. The molecule has 0 spiro atoms. The van der Waals surface area contributed by atoms with Crippen LogP contribution in [-0.4, -0.2) is 60.9 Å². The van der Waals surface area contributed by atoms with Gasteiger partial charge in [-0.1, -0.05) is 54.6 Å². The van der Waals surface area contributed by atoms with E-state index in [-0.39, 0.29) is 6.61 Å². The van der Waals surface area contributed by atoms with Crippen LogP contribution < -0.4 is 20.7 Å². The fraction of sp³-hybridized carbons (Fsp3) is 0.312. The third-order valence-electron chi connectivity index (χ3n) is 7.64. The maximum atomic E-state index is 12.7. The van der Waals surface area contributed by atoms with Crippen LogP contribution in [0.1, 0.15) is 28.5 Å². The van der Waals surface area contributed by atoms with Crippen LogP contribution in [0.4, 0.5) is 0 Å². The number of nitrogens with zero attached hydrogens (tertiary/aromatic N) is 1. The first kappa shape index (κ1) is 29.3. The van der Waals surface area contributed by atoms with E-state index in [1.807, 2.05) is 78.9 Å². The maximum Gasteiger partial charge on any atom is 0.330 e. The molecule has 1 aliphatic heterocycles. The van der Waals surface area contributed by atoms with Crippen molar-refractivity contribution in [2.24, 2.45) is 0 Å². The number of nitrogens with one attached hydrogen (secondary N) is 1. The number of aliphatic hydroxyl groups is 1. The van der Waals surface area contributed by atoms with Crippen LogP contribution >= 0.6 is 0 Å². The van der Waals surface area contributed by atoms with Gasteiger partial charge < -0.3 is 28.8 Å². The third-order valence-corrected chi connectivity index (χ3v) is 7.64. The van der Waals surface area contributed by atoms with Gasteiger partial charge in [-0.2, -0.15) is 0 Å². The first-order chi connectivity index (χ1) is 20.3. The molecule has 10 nitrogen and oxygen atoms in total. The first-order valence-corrected chi connectivity index (χ1v) is 13.5. The number of aliphatic hydroxyl groups excluding tert-OH is 1. The van der Waals surface area contributed by atoms with Crippen molar-refractivity contribution in [3.05, 3.63) is 128 Å². The van der Waals surface area contributed by atoms with Gasteiger partial charge in [-0.25, -0.2) is 4.79 Å². The summed E-state index contributed by atoms with van der Waals surface area (Å²) in [6.45, 7) is 1.52. The molecule has 0 radical (unpaired) electrons. The summed E-state index contributed by atoms with van der Waals surface area (Å²) in [6, 6.07) is 24.9. The summed E-state index contributed by atoms with van der Waals surface area (Å²) >= 11 is 0. The number of hydrogen-bond donors (Lipinski definition) is 2. The van der Waals surface area contributed by atoms with E-state index >= 15 is 0 Å². The fourth-order valence-electron chi connectivity index (χ4n) is 5.39. The van der Waals surface area contributed by atoms with Gasteiger partial charge in [0.25, 0.3) is 5.56 Å². The van der Waals surface area contributed by atoms with Gasteiger partial charge >= 0.3 is 5.69 Å². The maximum absolute atomic E-state index is 12.7. The minimum absolute atomic E-state index is 0.0679. The number of benzene rings is 3. The van der Waals surface area contributed by atoms with Crippen LogP contribution in [0.5, 0.6) is 11.5 Å². The van der Waals surface area contributed by atoms with E-state index in [0.717, 1.165) is 16.7 Å². The summed E-state index contributed by atoms with van der Waals surface area (Å²) in [6.07, 6.45) is -2.50. The summed E-state index contributed by atoms with van der Waals surface area (Å²) in [4.78, 5) is 26.9. The number of aryl methyl sites for hydroxylation is 1. The number of aromatic amines is 1. The van der Waals surface area contributed by atoms with E-state index in [1.54, 1.807) is 21.1 Å². The van der Waals surface area contributed by atoms with Crippen LogP contribution in [0.25, 0.3) is 0 Å². The number of rotatable bonds is 10. The van der Waals surface area contributed by atoms with Gasteiger partial charge in [0.2, 0.25) is 0 Å². The van der Waals surface area contributed by atoms with Crippen molar-refractivity contribution in [3.63, 3.8) is 0 Å². The fourth-order valence-corrected chi connectivity index (χ4v) is 5.39. The molecule has 220 valence electrons. The van der Waals surface area contributed by atoms with Gasteiger partial charge in [0, 0.05) is 18.9 Å². The molecule has 0 saturated carbocycles. The summed E-state index contributed by atoms with van der Waals surface area (Å²) in [7, 11) is 4.65. The second-order valence-corrected chi connectivity index (χ2v) is 10.0. The molecule has 4 atom stereocenters. The summed E-state index contributed by atoms with van der Waals surface area (Å²) in [5.41, 5.74) is 0.523. The number of methoxy groups -OCH3 is 3. The Hall–Kier alpha value is -4.22. The number of hydrogen-bond acceptors (Lipinski definition) is 8. The number of aromatic nitrogens is 2. The Balaban J connectivity index is 1.57. The molecule has 4 aromatic rings. The molecule has 42 heavy (non-hydrogen) atoms. The van der Waals surface area contributed by atoms with Crippen molar-refractivity contribution in [2.45, 2.75) is 37.1 Å². The highest BCUT2D eigenvalue weighted by molar-refractivity contribution is 5.49. The van der Waals surface area contributed by atoms with E-state index in [4.69, 9.17) is 23.7 Å². The Morgan fingerprint density at radius 1 is 0.857 bits per heavy atom. The van der Waals surface area contributed by atoms with Gasteiger partial charge in [-0.3, -0.25) is 14.3 Å². The Morgan fingerprint density at radius 2 is 1.40 bits per heavy atom. The van der Waals surface area contributed by atoms with Crippen molar-refractivity contribution in [1.29, 1.82) is 0 Å². The average Bonchev–Trinajstić information content (AvgIpc) is 3.34. The van der Waals surface area contributed by atoms with E-state index < -0.39 is 41.4 Å². The van der Waals surface area contributed by atoms with Gasteiger partial charge in [-0.05, 0) is 47.9 Å². The van der Waals surface area contributed by atoms with Gasteiger partial charge in [0.1, 0.15) is 35.4 Å². The topological polar surface area (TPSA) is 121 Å². The molecule has 0 amide bonds. The molecular formula is C32H34N2O8. The first-order valence-electron chi connectivity index (χ1n) is 13.5. The molecule has 5 rings (SSSR count). The highest BCUT2D eigenvalue weighted by atomic mass is 16.6. The Bertz CT molecular complexity index is 1550. The van der Waals surface area contributed by atoms with Gasteiger partial charge in [0.05, 0.1) is 20.8 Å². The highest BCUT2D eigenvalue weighted by Crippen LogP contribution is 2.43. The zero-order valence-electron chi connectivity index (χ0n) is 23.9. The number of H-pyrrole nitrogens is 1. The largest absolute Gasteiger partial charge is 0.497 e. The van der Waals surface area contributed by atoms with E-state index in [9.17, 15) is 14.7 Å². The molecule has 1 saturated heterocycles. The summed E-state index contributed by atoms with van der Waals surface area (Å²) < 4.78 is 30.7. The van der Waals surface area contributed by atoms with Crippen molar-refractivity contribution in [1.82, 2.24) is 9.55 Å². The molecule has 1 fully saturated rings. The molecule has 2 unspecified atom stereocenters. The second kappa shape index (κ2) is 12.3. The Labute approximate surface area is 243 Å². The van der Waals surface area contributed by atoms with Crippen LogP contribution in [0.15, 0.2) is 94.6 Å². The molecule has 0 bridgehead atoms. The lowest BCUT2D eigenvalue weighted by Gasteiger charge is -2.37. The molecule has 1 aromatic heterocycles. The molecule has 2 N–H and O–H groups in total.